The molecule has 5 nitrogen and oxygen atoms in total. The minimum absolute atomic E-state index is 0.101. The summed E-state index contributed by atoms with van der Waals surface area (Å²) >= 11 is 11.1. The molecule has 5 aromatic rings. The van der Waals surface area contributed by atoms with E-state index in [4.69, 9.17) is 17.2 Å². The number of pyridine rings is 1. The van der Waals surface area contributed by atoms with Crippen molar-refractivity contribution in [1.82, 2.24) is 19.9 Å². The van der Waals surface area contributed by atoms with Gasteiger partial charge in [-0.3, -0.25) is 9.55 Å². The third-order valence-electron chi connectivity index (χ3n) is 5.77. The summed E-state index contributed by atoms with van der Waals surface area (Å²) in [4.78, 5) is 11.7. The SMILES string of the molecule is S=C1NC(c2ccccn2)C(c2cccn2-c2nc3ccccc3s2)N1c1ccc(Br)cc1. The lowest BCUT2D eigenvalue weighted by Crippen LogP contribution is -2.30. The number of anilines is 1. The number of aromatic nitrogens is 3. The molecule has 4 heterocycles. The number of para-hydroxylation sites is 1. The van der Waals surface area contributed by atoms with Crippen LogP contribution < -0.4 is 10.2 Å². The lowest BCUT2D eigenvalue weighted by Gasteiger charge is -2.28. The predicted molar refractivity (Wildman–Crippen MR) is 141 cm³/mol. The molecule has 0 bridgehead atoms. The highest BCUT2D eigenvalue weighted by molar-refractivity contribution is 9.10. The minimum Gasteiger partial charge on any atom is -0.351 e. The molecule has 2 atom stereocenters. The third kappa shape index (κ3) is 3.64. The second kappa shape index (κ2) is 8.37. The summed E-state index contributed by atoms with van der Waals surface area (Å²) in [5, 5.41) is 5.14. The molecule has 0 radical (unpaired) electrons. The Hall–Kier alpha value is -3.07. The molecule has 6 rings (SSSR count). The van der Waals surface area contributed by atoms with Crippen LogP contribution in [-0.2, 0) is 0 Å². The molecule has 0 spiro atoms. The topological polar surface area (TPSA) is 46.0 Å². The zero-order chi connectivity index (χ0) is 22.4. The molecule has 2 unspecified atom stereocenters. The second-order valence-electron chi connectivity index (χ2n) is 7.74. The van der Waals surface area contributed by atoms with Crippen LogP contribution in [0.5, 0.6) is 0 Å². The van der Waals surface area contributed by atoms with Crippen molar-refractivity contribution in [2.75, 3.05) is 4.90 Å². The van der Waals surface area contributed by atoms with Gasteiger partial charge in [0.1, 0.15) is 6.04 Å². The molecule has 1 saturated heterocycles. The number of thiocarbonyl (C=S) groups is 1. The normalized spacial score (nSPS) is 18.1. The number of fused-ring (bicyclic) bond motifs is 1. The van der Waals surface area contributed by atoms with Crippen LogP contribution in [0.3, 0.4) is 0 Å². The van der Waals surface area contributed by atoms with Gasteiger partial charge in [-0.1, -0.05) is 45.5 Å². The Bertz CT molecular complexity index is 1410. The highest BCUT2D eigenvalue weighted by atomic mass is 79.9. The maximum Gasteiger partial charge on any atom is 0.194 e. The summed E-state index contributed by atoms with van der Waals surface area (Å²) in [6.07, 6.45) is 3.90. The average Bonchev–Trinajstić information content (AvgIpc) is 3.56. The second-order valence-corrected chi connectivity index (χ2v) is 10.1. The molecule has 0 saturated carbocycles. The first-order chi connectivity index (χ1) is 16.2. The van der Waals surface area contributed by atoms with Gasteiger partial charge in [-0.2, -0.15) is 0 Å². The molecule has 1 aliphatic heterocycles. The monoisotopic (exact) mass is 531 g/mol. The lowest BCUT2D eigenvalue weighted by molar-refractivity contribution is 0.549. The van der Waals surface area contributed by atoms with Gasteiger partial charge in [0.15, 0.2) is 10.2 Å². The first kappa shape index (κ1) is 20.5. The molecular formula is C25H18BrN5S2. The molecule has 162 valence electrons. The van der Waals surface area contributed by atoms with Gasteiger partial charge in [-0.05, 0) is 72.9 Å². The van der Waals surface area contributed by atoms with E-state index in [2.05, 4.69) is 78.3 Å². The van der Waals surface area contributed by atoms with E-state index in [1.165, 1.54) is 4.70 Å². The lowest BCUT2D eigenvalue weighted by atomic mass is 10.0. The fraction of sp³-hybridized carbons (Fsp3) is 0.0800. The molecule has 8 heteroatoms. The van der Waals surface area contributed by atoms with Crippen molar-refractivity contribution < 1.29 is 0 Å². The summed E-state index contributed by atoms with van der Waals surface area (Å²) in [6.45, 7) is 0. The van der Waals surface area contributed by atoms with Gasteiger partial charge < -0.3 is 10.2 Å². The number of benzene rings is 2. The van der Waals surface area contributed by atoms with Crippen LogP contribution in [0, 0.1) is 0 Å². The zero-order valence-corrected chi connectivity index (χ0v) is 20.5. The van der Waals surface area contributed by atoms with Crippen LogP contribution in [-0.4, -0.2) is 19.6 Å². The van der Waals surface area contributed by atoms with E-state index in [0.717, 1.165) is 32.2 Å². The average molecular weight is 532 g/mol. The number of halogens is 1. The van der Waals surface area contributed by atoms with Crippen molar-refractivity contribution in [3.8, 4) is 5.13 Å². The molecule has 1 fully saturated rings. The molecular weight excluding hydrogens is 514 g/mol. The Kier molecular flexibility index (Phi) is 5.21. The van der Waals surface area contributed by atoms with E-state index in [-0.39, 0.29) is 12.1 Å². The Balaban J connectivity index is 1.51. The molecule has 1 N–H and O–H groups in total. The first-order valence-corrected chi connectivity index (χ1v) is 12.5. The van der Waals surface area contributed by atoms with Crippen LogP contribution in [0.1, 0.15) is 23.5 Å². The summed E-state index contributed by atoms with van der Waals surface area (Å²) in [7, 11) is 0. The maximum atomic E-state index is 5.85. The summed E-state index contributed by atoms with van der Waals surface area (Å²) < 4.78 is 4.37. The van der Waals surface area contributed by atoms with Crippen LogP contribution in [0.15, 0.2) is 95.7 Å². The summed E-state index contributed by atoms with van der Waals surface area (Å²) in [5.74, 6) is 0. The first-order valence-electron chi connectivity index (χ1n) is 10.5. The minimum atomic E-state index is -0.106. The standard InChI is InChI=1S/C25H18BrN5S2/c26-16-10-12-17(13-11-16)31-23(22(29-24(31)32)19-7-3-4-14-27-19)20-8-5-15-30(20)25-28-18-6-1-2-9-21(18)33-25/h1-15,22-23H,(H,29,32). The van der Waals surface area contributed by atoms with Gasteiger partial charge in [-0.25, -0.2) is 4.98 Å². The van der Waals surface area contributed by atoms with Crippen molar-refractivity contribution in [1.29, 1.82) is 0 Å². The number of nitrogens with zero attached hydrogens (tertiary/aromatic N) is 4. The number of rotatable bonds is 4. The zero-order valence-electron chi connectivity index (χ0n) is 17.3. The molecule has 0 aliphatic carbocycles. The van der Waals surface area contributed by atoms with Crippen LogP contribution in [0.2, 0.25) is 0 Å². The Morgan fingerprint density at radius 1 is 0.939 bits per heavy atom. The fourth-order valence-electron chi connectivity index (χ4n) is 4.31. The predicted octanol–water partition coefficient (Wildman–Crippen LogP) is 6.42. The van der Waals surface area contributed by atoms with E-state index in [9.17, 15) is 0 Å². The van der Waals surface area contributed by atoms with Gasteiger partial charge >= 0.3 is 0 Å². The Morgan fingerprint density at radius 3 is 2.55 bits per heavy atom. The van der Waals surface area contributed by atoms with E-state index in [1.54, 1.807) is 11.3 Å². The van der Waals surface area contributed by atoms with E-state index >= 15 is 0 Å². The van der Waals surface area contributed by atoms with Crippen molar-refractivity contribution in [2.45, 2.75) is 12.1 Å². The van der Waals surface area contributed by atoms with Crippen LogP contribution >= 0.6 is 39.5 Å². The van der Waals surface area contributed by atoms with E-state index in [0.29, 0.717) is 5.11 Å². The Morgan fingerprint density at radius 2 is 1.76 bits per heavy atom. The van der Waals surface area contributed by atoms with Crippen LogP contribution in [0.4, 0.5) is 5.69 Å². The van der Waals surface area contributed by atoms with E-state index in [1.807, 2.05) is 48.7 Å². The number of thiazole rings is 1. The van der Waals surface area contributed by atoms with Gasteiger partial charge in [0.25, 0.3) is 0 Å². The molecule has 2 aromatic carbocycles. The summed E-state index contributed by atoms with van der Waals surface area (Å²) in [6, 6.07) is 26.5. The van der Waals surface area contributed by atoms with Gasteiger partial charge in [0.05, 0.1) is 27.6 Å². The highest BCUT2D eigenvalue weighted by Gasteiger charge is 2.42. The van der Waals surface area contributed by atoms with Crippen molar-refractivity contribution in [2.24, 2.45) is 0 Å². The molecule has 0 amide bonds. The Labute approximate surface area is 208 Å². The largest absolute Gasteiger partial charge is 0.351 e. The smallest absolute Gasteiger partial charge is 0.194 e. The van der Waals surface area contributed by atoms with Gasteiger partial charge in [0.2, 0.25) is 0 Å². The molecule has 3 aromatic heterocycles. The van der Waals surface area contributed by atoms with Crippen molar-refractivity contribution in [3.63, 3.8) is 0 Å². The molecule has 33 heavy (non-hydrogen) atoms. The highest BCUT2D eigenvalue weighted by Crippen LogP contribution is 2.42. The van der Waals surface area contributed by atoms with Gasteiger partial charge in [-0.15, -0.1) is 0 Å². The maximum absolute atomic E-state index is 5.85. The summed E-state index contributed by atoms with van der Waals surface area (Å²) in [5.41, 5.74) is 4.07. The van der Waals surface area contributed by atoms with Gasteiger partial charge in [0, 0.05) is 22.6 Å². The van der Waals surface area contributed by atoms with E-state index < -0.39 is 0 Å². The van der Waals surface area contributed by atoms with Crippen molar-refractivity contribution in [3.05, 3.63) is 107 Å². The number of nitrogens with one attached hydrogen (secondary N) is 1. The number of hydrogen-bond acceptors (Lipinski definition) is 4. The fourth-order valence-corrected chi connectivity index (χ4v) is 5.89. The third-order valence-corrected chi connectivity index (χ3v) is 7.65. The van der Waals surface area contributed by atoms with Crippen molar-refractivity contribution >= 4 is 60.5 Å². The quantitative estimate of drug-likeness (QED) is 0.271. The molecule has 1 aliphatic rings. The number of hydrogen-bond donors (Lipinski definition) is 1. The van der Waals surface area contributed by atoms with Crippen LogP contribution in [0.25, 0.3) is 15.3 Å².